The molecule has 2 aliphatic carbocycles. The Kier molecular flexibility index (Phi) is 6.26. The quantitative estimate of drug-likeness (QED) is 0.129. The van der Waals surface area contributed by atoms with Gasteiger partial charge in [-0.1, -0.05) is 183 Å². The predicted octanol–water partition coefficient (Wildman–Crippen LogP) is 14.7. The average molecular weight is 755 g/mol. The Morgan fingerprint density at radius 2 is 1.05 bits per heavy atom. The van der Waals surface area contributed by atoms with Crippen LogP contribution in [0, 0.1) is 0 Å². The highest BCUT2D eigenvalue weighted by Crippen LogP contribution is 2.65. The zero-order valence-electron chi connectivity index (χ0n) is 32.7. The lowest BCUT2D eigenvalue weighted by Crippen LogP contribution is -2.38. The maximum Gasteiger partial charge on any atom is 0.144 e. The summed E-state index contributed by atoms with van der Waals surface area (Å²) in [6.45, 7) is 7.40. The second kappa shape index (κ2) is 11.2. The highest BCUT2D eigenvalue weighted by molar-refractivity contribution is 6.88. The number of furan rings is 1. The molecule has 2 aliphatic rings. The summed E-state index contributed by atoms with van der Waals surface area (Å²) in [6, 6.07) is 66.5. The molecule has 58 heavy (non-hydrogen) atoms. The number of hydrogen-bond acceptors (Lipinski definition) is 1. The van der Waals surface area contributed by atoms with E-state index in [9.17, 15) is 0 Å². The summed E-state index contributed by atoms with van der Waals surface area (Å²) in [5.74, 6) is 0. The van der Waals surface area contributed by atoms with Gasteiger partial charge in [0.05, 0.1) is 13.5 Å². The second-order valence-electron chi connectivity index (χ2n) is 17.5. The smallest absolute Gasteiger partial charge is 0.144 e. The lowest BCUT2D eigenvalue weighted by atomic mass is 9.70. The van der Waals surface area contributed by atoms with E-state index in [0.29, 0.717) is 0 Å². The van der Waals surface area contributed by atoms with Gasteiger partial charge in [0.2, 0.25) is 0 Å². The van der Waals surface area contributed by atoms with Gasteiger partial charge in [-0.25, -0.2) is 0 Å². The molecule has 1 aromatic heterocycles. The Labute approximate surface area is 338 Å². The zero-order valence-corrected chi connectivity index (χ0v) is 33.7. The molecule has 0 saturated heterocycles. The summed E-state index contributed by atoms with van der Waals surface area (Å²) in [5.41, 5.74) is 16.8. The molecule has 2 heteroatoms. The Bertz CT molecular complexity index is 3480. The van der Waals surface area contributed by atoms with Gasteiger partial charge in [0.15, 0.2) is 0 Å². The van der Waals surface area contributed by atoms with Crippen LogP contribution in [-0.4, -0.2) is 8.07 Å². The summed E-state index contributed by atoms with van der Waals surface area (Å²) in [4.78, 5) is 0. The van der Waals surface area contributed by atoms with E-state index in [4.69, 9.17) is 4.42 Å². The lowest BCUT2D eigenvalue weighted by molar-refractivity contribution is 0.669. The van der Waals surface area contributed by atoms with Crippen molar-refractivity contribution in [3.8, 4) is 44.5 Å². The molecule has 272 valence electrons. The minimum atomic E-state index is -1.70. The van der Waals surface area contributed by atoms with Crippen LogP contribution < -0.4 is 5.19 Å². The molecule has 0 N–H and O–H groups in total. The molecular weight excluding hydrogens is 717 g/mol. The van der Waals surface area contributed by atoms with E-state index < -0.39 is 13.5 Å². The van der Waals surface area contributed by atoms with E-state index in [1.54, 1.807) is 0 Å². The van der Waals surface area contributed by atoms with E-state index in [1.165, 1.54) is 110 Å². The van der Waals surface area contributed by atoms with Gasteiger partial charge in [-0.15, -0.1) is 0 Å². The molecule has 10 aromatic carbocycles. The van der Waals surface area contributed by atoms with Gasteiger partial charge in [0.1, 0.15) is 11.2 Å². The van der Waals surface area contributed by atoms with Crippen molar-refractivity contribution < 1.29 is 4.42 Å². The zero-order chi connectivity index (χ0) is 38.5. The van der Waals surface area contributed by atoms with Crippen molar-refractivity contribution >= 4 is 67.5 Å². The van der Waals surface area contributed by atoms with Crippen LogP contribution in [0.2, 0.25) is 19.6 Å². The molecule has 0 saturated carbocycles. The van der Waals surface area contributed by atoms with Crippen molar-refractivity contribution in [2.24, 2.45) is 0 Å². The molecule has 11 aromatic rings. The number of benzene rings is 10. The fraction of sp³-hybridized carbons (Fsp3) is 0.0714. The molecule has 0 amide bonds. The fourth-order valence-corrected chi connectivity index (χ4v) is 12.2. The number of fused-ring (bicyclic) bond motifs is 14. The SMILES string of the molecule is C[Si](C)(C)c1ccc2c(c1)C1(c3ccccc3-c3ccccc31)c1cc(-c3cc(-c4ccccc4)c4ccc5cccc6ccc3c4c56)c3c(oc4ccccc43)c1-2. The minimum absolute atomic E-state index is 0.512. The van der Waals surface area contributed by atoms with Crippen LogP contribution in [0.3, 0.4) is 0 Å². The first-order valence-corrected chi connectivity index (χ1v) is 24.0. The maximum atomic E-state index is 7.24. The Morgan fingerprint density at radius 3 is 1.78 bits per heavy atom. The van der Waals surface area contributed by atoms with E-state index in [2.05, 4.69) is 196 Å². The first kappa shape index (κ1) is 32.4. The van der Waals surface area contributed by atoms with Crippen LogP contribution in [0.1, 0.15) is 22.3 Å². The molecule has 13 rings (SSSR count). The summed E-state index contributed by atoms with van der Waals surface area (Å²) in [5, 5.41) is 11.5. The summed E-state index contributed by atoms with van der Waals surface area (Å²) >= 11 is 0. The number of rotatable bonds is 3. The molecule has 0 atom stereocenters. The van der Waals surface area contributed by atoms with E-state index in [0.717, 1.165) is 16.6 Å². The molecule has 1 heterocycles. The van der Waals surface area contributed by atoms with Crippen molar-refractivity contribution in [2.75, 3.05) is 0 Å². The van der Waals surface area contributed by atoms with Gasteiger partial charge in [0.25, 0.3) is 0 Å². The Balaban J connectivity index is 1.26. The molecular formula is C56H38OSi. The first-order chi connectivity index (χ1) is 28.4. The highest BCUT2D eigenvalue weighted by atomic mass is 28.3. The molecule has 1 nitrogen and oxygen atoms in total. The molecule has 0 unspecified atom stereocenters. The normalized spacial score (nSPS) is 13.9. The highest BCUT2D eigenvalue weighted by Gasteiger charge is 2.53. The maximum absolute atomic E-state index is 7.24. The topological polar surface area (TPSA) is 13.1 Å². The molecule has 0 fully saturated rings. The Morgan fingerprint density at radius 1 is 0.397 bits per heavy atom. The van der Waals surface area contributed by atoms with Gasteiger partial charge in [0, 0.05) is 16.3 Å². The second-order valence-corrected chi connectivity index (χ2v) is 22.6. The van der Waals surface area contributed by atoms with E-state index in [1.807, 2.05) is 0 Å². The van der Waals surface area contributed by atoms with Gasteiger partial charge in [-0.3, -0.25) is 0 Å². The average Bonchev–Trinajstić information content (AvgIpc) is 3.89. The predicted molar refractivity (Wildman–Crippen MR) is 248 cm³/mol. The standard InChI is InChI=1S/C56H38OSi/c1-58(2,3)36-26-29-41-48(30-36)56(46-21-10-7-18-37(46)38-19-8-11-22-47(38)56)49-32-45(53-42-20-9-12-23-50(42)57-55(53)54(41)49)44-31-43(33-14-5-4-6-15-33)39-27-24-34-16-13-17-35-25-28-40(44)52(39)51(34)35/h4-32H,1-3H3. The lowest BCUT2D eigenvalue weighted by Gasteiger charge is -2.32. The number of para-hydroxylation sites is 1. The molecule has 0 radical (unpaired) electrons. The van der Waals surface area contributed by atoms with Gasteiger partial charge in [-0.05, 0) is 112 Å². The van der Waals surface area contributed by atoms with E-state index in [-0.39, 0.29) is 0 Å². The summed E-state index contributed by atoms with van der Waals surface area (Å²) < 4.78 is 7.24. The molecule has 1 spiro atoms. The van der Waals surface area contributed by atoms with Gasteiger partial charge in [-0.2, -0.15) is 0 Å². The fourth-order valence-electron chi connectivity index (χ4n) is 11.1. The number of hydrogen-bond donors (Lipinski definition) is 0. The van der Waals surface area contributed by atoms with Crippen LogP contribution >= 0.6 is 0 Å². The summed E-state index contributed by atoms with van der Waals surface area (Å²) in [7, 11) is -1.70. The monoisotopic (exact) mass is 754 g/mol. The van der Waals surface area contributed by atoms with Crippen molar-refractivity contribution in [1.29, 1.82) is 0 Å². The molecule has 0 bridgehead atoms. The van der Waals surface area contributed by atoms with Crippen LogP contribution in [0.5, 0.6) is 0 Å². The van der Waals surface area contributed by atoms with Crippen molar-refractivity contribution in [3.05, 3.63) is 198 Å². The van der Waals surface area contributed by atoms with E-state index >= 15 is 0 Å². The van der Waals surface area contributed by atoms with Crippen LogP contribution in [-0.2, 0) is 5.41 Å². The van der Waals surface area contributed by atoms with Crippen molar-refractivity contribution in [2.45, 2.75) is 25.1 Å². The summed E-state index contributed by atoms with van der Waals surface area (Å²) in [6.07, 6.45) is 0. The van der Waals surface area contributed by atoms with Gasteiger partial charge < -0.3 is 4.42 Å². The third-order valence-corrected chi connectivity index (χ3v) is 15.6. The van der Waals surface area contributed by atoms with Crippen LogP contribution in [0.25, 0.3) is 98.8 Å². The Hall–Kier alpha value is -6.74. The van der Waals surface area contributed by atoms with Crippen LogP contribution in [0.4, 0.5) is 0 Å². The molecule has 0 aliphatic heterocycles. The first-order valence-electron chi connectivity index (χ1n) is 20.5. The third-order valence-electron chi connectivity index (χ3n) is 13.6. The van der Waals surface area contributed by atoms with Crippen LogP contribution in [0.15, 0.2) is 180 Å². The van der Waals surface area contributed by atoms with Gasteiger partial charge >= 0.3 is 0 Å². The van der Waals surface area contributed by atoms with Crippen molar-refractivity contribution in [1.82, 2.24) is 0 Å². The minimum Gasteiger partial charge on any atom is -0.455 e. The largest absolute Gasteiger partial charge is 0.455 e. The van der Waals surface area contributed by atoms with Crippen molar-refractivity contribution in [3.63, 3.8) is 0 Å². The third kappa shape index (κ3) is 4.00.